The van der Waals surface area contributed by atoms with Gasteiger partial charge in [-0.2, -0.15) is 0 Å². The third-order valence-electron chi connectivity index (χ3n) is 2.62. The molecule has 0 fully saturated rings. The Hall–Kier alpha value is -2.10. The van der Waals surface area contributed by atoms with Gasteiger partial charge in [0, 0.05) is 0 Å². The first-order chi connectivity index (χ1) is 9.69. The van der Waals surface area contributed by atoms with Crippen LogP contribution in [0.15, 0.2) is 36.4 Å². The van der Waals surface area contributed by atoms with Gasteiger partial charge < -0.3 is 9.47 Å². The van der Waals surface area contributed by atoms with E-state index in [2.05, 4.69) is 0 Å². The molecular weight excluding hydrogens is 256 g/mol. The number of benzene rings is 1. The molecule has 0 aliphatic heterocycles. The highest BCUT2D eigenvalue weighted by molar-refractivity contribution is 5.95. The minimum Gasteiger partial charge on any atom is -0.465 e. The first-order valence-electron chi connectivity index (χ1n) is 6.73. The Balaban J connectivity index is 2.67. The molecule has 20 heavy (non-hydrogen) atoms. The molecule has 0 saturated carbocycles. The number of rotatable bonds is 7. The van der Waals surface area contributed by atoms with Gasteiger partial charge in [0.1, 0.15) is 0 Å². The van der Waals surface area contributed by atoms with Crippen molar-refractivity contribution < 1.29 is 19.1 Å². The Bertz CT molecular complexity index is 433. The monoisotopic (exact) mass is 276 g/mol. The third-order valence-corrected chi connectivity index (χ3v) is 2.62. The number of ether oxygens (including phenoxy) is 2. The summed E-state index contributed by atoms with van der Waals surface area (Å²) >= 11 is 0. The van der Waals surface area contributed by atoms with Crippen molar-refractivity contribution in [2.24, 2.45) is 5.92 Å². The molecule has 0 amide bonds. The quantitative estimate of drug-likeness (QED) is 0.567. The van der Waals surface area contributed by atoms with Crippen LogP contribution in [-0.2, 0) is 19.1 Å². The molecule has 0 heterocycles. The summed E-state index contributed by atoms with van der Waals surface area (Å²) in [5, 5.41) is 0. The van der Waals surface area contributed by atoms with Crippen molar-refractivity contribution in [3.63, 3.8) is 0 Å². The second kappa shape index (κ2) is 8.91. The highest BCUT2D eigenvalue weighted by atomic mass is 16.6. The van der Waals surface area contributed by atoms with Crippen LogP contribution in [0, 0.1) is 5.92 Å². The molecule has 4 heteroatoms. The predicted molar refractivity (Wildman–Crippen MR) is 76.8 cm³/mol. The van der Waals surface area contributed by atoms with Gasteiger partial charge in [0.25, 0.3) is 0 Å². The molecule has 1 rings (SSSR count). The smallest absolute Gasteiger partial charge is 0.320 e. The lowest BCUT2D eigenvalue weighted by Gasteiger charge is -2.12. The van der Waals surface area contributed by atoms with Gasteiger partial charge in [0.2, 0.25) is 0 Å². The SMILES string of the molecule is CCOC(=O)C(C/C=C/c1ccccc1)C(=O)OCC. The van der Waals surface area contributed by atoms with Crippen LogP contribution in [0.3, 0.4) is 0 Å². The Labute approximate surface area is 119 Å². The van der Waals surface area contributed by atoms with Gasteiger partial charge in [-0.1, -0.05) is 42.5 Å². The van der Waals surface area contributed by atoms with Crippen LogP contribution in [0.1, 0.15) is 25.8 Å². The molecule has 108 valence electrons. The van der Waals surface area contributed by atoms with Crippen molar-refractivity contribution in [1.29, 1.82) is 0 Å². The molecule has 0 unspecified atom stereocenters. The number of carbonyl (C=O) groups excluding carboxylic acids is 2. The largest absolute Gasteiger partial charge is 0.465 e. The molecular formula is C16H20O4. The number of hydrogen-bond acceptors (Lipinski definition) is 4. The Morgan fingerprint density at radius 1 is 1.05 bits per heavy atom. The van der Waals surface area contributed by atoms with Gasteiger partial charge in [-0.15, -0.1) is 0 Å². The zero-order valence-corrected chi connectivity index (χ0v) is 11.9. The topological polar surface area (TPSA) is 52.6 Å². The Morgan fingerprint density at radius 2 is 1.60 bits per heavy atom. The van der Waals surface area contributed by atoms with Crippen molar-refractivity contribution >= 4 is 18.0 Å². The van der Waals surface area contributed by atoms with Gasteiger partial charge in [-0.3, -0.25) is 9.59 Å². The summed E-state index contributed by atoms with van der Waals surface area (Å²) in [6.07, 6.45) is 3.92. The van der Waals surface area contributed by atoms with Crippen LogP contribution in [0.25, 0.3) is 6.08 Å². The maximum absolute atomic E-state index is 11.7. The maximum Gasteiger partial charge on any atom is 0.320 e. The molecule has 0 saturated heterocycles. The van der Waals surface area contributed by atoms with Gasteiger partial charge in [-0.25, -0.2) is 0 Å². The summed E-state index contributed by atoms with van der Waals surface area (Å²) in [6.45, 7) is 3.91. The van der Waals surface area contributed by atoms with Crippen LogP contribution in [0.4, 0.5) is 0 Å². The lowest BCUT2D eigenvalue weighted by Crippen LogP contribution is -2.27. The van der Waals surface area contributed by atoms with Crippen molar-refractivity contribution in [2.75, 3.05) is 13.2 Å². The highest BCUT2D eigenvalue weighted by Crippen LogP contribution is 2.12. The Kier molecular flexibility index (Phi) is 7.11. The summed E-state index contributed by atoms with van der Waals surface area (Å²) in [7, 11) is 0. The summed E-state index contributed by atoms with van der Waals surface area (Å²) in [4.78, 5) is 23.5. The maximum atomic E-state index is 11.7. The van der Waals surface area contributed by atoms with Crippen molar-refractivity contribution in [3.8, 4) is 0 Å². The van der Waals surface area contributed by atoms with Crippen LogP contribution < -0.4 is 0 Å². The predicted octanol–water partition coefficient (Wildman–Crippen LogP) is 2.83. The van der Waals surface area contributed by atoms with E-state index in [-0.39, 0.29) is 19.6 Å². The van der Waals surface area contributed by atoms with Crippen LogP contribution in [0.2, 0.25) is 0 Å². The number of allylic oxidation sites excluding steroid dienone is 1. The lowest BCUT2D eigenvalue weighted by atomic mass is 10.0. The normalized spacial score (nSPS) is 10.8. The van der Waals surface area contributed by atoms with E-state index in [4.69, 9.17) is 9.47 Å². The molecule has 0 radical (unpaired) electrons. The average molecular weight is 276 g/mol. The van der Waals surface area contributed by atoms with Crippen molar-refractivity contribution in [1.82, 2.24) is 0 Å². The summed E-state index contributed by atoms with van der Waals surface area (Å²) < 4.78 is 9.80. The number of carbonyl (C=O) groups is 2. The fourth-order valence-corrected chi connectivity index (χ4v) is 1.68. The molecule has 0 aromatic heterocycles. The van der Waals surface area contributed by atoms with Gasteiger partial charge >= 0.3 is 11.9 Å². The van der Waals surface area contributed by atoms with Crippen molar-refractivity contribution in [2.45, 2.75) is 20.3 Å². The number of hydrogen-bond donors (Lipinski definition) is 0. The van der Waals surface area contributed by atoms with E-state index in [9.17, 15) is 9.59 Å². The summed E-state index contributed by atoms with van der Waals surface area (Å²) in [6, 6.07) is 9.67. The Morgan fingerprint density at radius 3 is 2.10 bits per heavy atom. The molecule has 4 nitrogen and oxygen atoms in total. The first-order valence-corrected chi connectivity index (χ1v) is 6.73. The first kappa shape index (κ1) is 16.0. The van der Waals surface area contributed by atoms with Crippen LogP contribution >= 0.6 is 0 Å². The molecule has 0 aliphatic rings. The van der Waals surface area contributed by atoms with E-state index < -0.39 is 17.9 Å². The van der Waals surface area contributed by atoms with E-state index in [1.807, 2.05) is 36.4 Å². The average Bonchev–Trinajstić information content (AvgIpc) is 2.45. The molecule has 1 aromatic rings. The molecule has 0 aliphatic carbocycles. The van der Waals surface area contributed by atoms with E-state index in [0.29, 0.717) is 0 Å². The fraction of sp³-hybridized carbons (Fsp3) is 0.375. The third kappa shape index (κ3) is 5.26. The minimum atomic E-state index is -0.894. The second-order valence-corrected chi connectivity index (χ2v) is 4.11. The van der Waals surface area contributed by atoms with E-state index >= 15 is 0 Å². The summed E-state index contributed by atoms with van der Waals surface area (Å²) in [5.41, 5.74) is 1.01. The van der Waals surface area contributed by atoms with Crippen LogP contribution in [-0.4, -0.2) is 25.2 Å². The standard InChI is InChI=1S/C16H20O4/c1-3-19-15(17)14(16(18)20-4-2)12-8-11-13-9-6-5-7-10-13/h5-11,14H,3-4,12H2,1-2H3/b11-8+. The van der Waals surface area contributed by atoms with Gasteiger partial charge in [0.15, 0.2) is 5.92 Å². The van der Waals surface area contributed by atoms with E-state index in [1.165, 1.54) is 0 Å². The second-order valence-electron chi connectivity index (χ2n) is 4.11. The summed E-state index contributed by atoms with van der Waals surface area (Å²) in [5.74, 6) is -1.97. The van der Waals surface area contributed by atoms with Gasteiger partial charge in [-0.05, 0) is 25.8 Å². The fourth-order valence-electron chi connectivity index (χ4n) is 1.68. The molecule has 1 aromatic carbocycles. The zero-order chi connectivity index (χ0) is 14.8. The van der Waals surface area contributed by atoms with E-state index in [0.717, 1.165) is 5.56 Å². The lowest BCUT2D eigenvalue weighted by molar-refractivity contribution is -0.161. The van der Waals surface area contributed by atoms with Crippen LogP contribution in [0.5, 0.6) is 0 Å². The highest BCUT2D eigenvalue weighted by Gasteiger charge is 2.28. The van der Waals surface area contributed by atoms with E-state index in [1.54, 1.807) is 19.9 Å². The molecule has 0 atom stereocenters. The minimum absolute atomic E-state index is 0.247. The molecule has 0 bridgehead atoms. The molecule has 0 spiro atoms. The van der Waals surface area contributed by atoms with Crippen molar-refractivity contribution in [3.05, 3.63) is 42.0 Å². The van der Waals surface area contributed by atoms with Gasteiger partial charge in [0.05, 0.1) is 13.2 Å². The number of esters is 2. The molecule has 0 N–H and O–H groups in total. The zero-order valence-electron chi connectivity index (χ0n) is 11.9.